The zero-order valence-corrected chi connectivity index (χ0v) is 18.8. The Kier molecular flexibility index (Phi) is 5.89. The summed E-state index contributed by atoms with van der Waals surface area (Å²) in [6.07, 6.45) is -4.51. The van der Waals surface area contributed by atoms with Crippen molar-refractivity contribution in [2.24, 2.45) is 9.98 Å². The lowest BCUT2D eigenvalue weighted by Crippen LogP contribution is -2.40. The lowest BCUT2D eigenvalue weighted by Gasteiger charge is -2.25. The molecule has 2 amide bonds. The molecule has 6 nitrogen and oxygen atoms in total. The molecule has 2 aliphatic heterocycles. The van der Waals surface area contributed by atoms with E-state index in [1.54, 1.807) is 6.07 Å². The number of carbonyl (C=O) groups is 2. The van der Waals surface area contributed by atoms with Crippen LogP contribution < -0.4 is 5.32 Å². The minimum Gasteiger partial charge on any atom is -0.325 e. The molecule has 0 bridgehead atoms. The first-order valence-electron chi connectivity index (χ1n) is 10.6. The number of amides is 2. The lowest BCUT2D eigenvalue weighted by atomic mass is 10.1. The molecule has 2 heterocycles. The molecule has 3 aromatic carbocycles. The van der Waals surface area contributed by atoms with Gasteiger partial charge in [0.25, 0.3) is 5.91 Å². The van der Waals surface area contributed by atoms with E-state index in [1.807, 2.05) is 48.5 Å². The number of thioether (sulfide) groups is 1. The fourth-order valence-corrected chi connectivity index (χ4v) is 4.60. The van der Waals surface area contributed by atoms with Crippen molar-refractivity contribution in [1.29, 1.82) is 0 Å². The van der Waals surface area contributed by atoms with E-state index in [1.165, 1.54) is 17.0 Å². The number of nitrogens with one attached hydrogen (secondary N) is 1. The van der Waals surface area contributed by atoms with Crippen molar-refractivity contribution in [3.05, 3.63) is 95.6 Å². The van der Waals surface area contributed by atoms with Crippen molar-refractivity contribution in [3.8, 4) is 0 Å². The Balaban J connectivity index is 1.37. The summed E-state index contributed by atoms with van der Waals surface area (Å²) in [7, 11) is 0. The Morgan fingerprint density at radius 3 is 2.51 bits per heavy atom. The van der Waals surface area contributed by atoms with Crippen LogP contribution in [0.2, 0.25) is 0 Å². The molecule has 0 unspecified atom stereocenters. The fraction of sp³-hybridized carbons (Fsp3) is 0.120. The molecule has 0 spiro atoms. The number of halogens is 3. The fourth-order valence-electron chi connectivity index (χ4n) is 3.80. The van der Waals surface area contributed by atoms with E-state index < -0.39 is 23.7 Å². The van der Waals surface area contributed by atoms with Gasteiger partial charge in [0.15, 0.2) is 11.2 Å². The predicted molar refractivity (Wildman–Crippen MR) is 129 cm³/mol. The van der Waals surface area contributed by atoms with Gasteiger partial charge in [0.05, 0.1) is 17.0 Å². The van der Waals surface area contributed by atoms with Gasteiger partial charge < -0.3 is 5.32 Å². The SMILES string of the molecule is O=C(CSC1=Nc2ccccc2C2=N[C@@H](c3ccccc3)C(=O)N12)Nc1cccc(C(F)(F)F)c1. The van der Waals surface area contributed by atoms with Gasteiger partial charge in [-0.3, -0.25) is 9.59 Å². The van der Waals surface area contributed by atoms with Crippen molar-refractivity contribution >= 4 is 46.0 Å². The van der Waals surface area contributed by atoms with Crippen LogP contribution in [0.1, 0.15) is 22.7 Å². The molecule has 176 valence electrons. The van der Waals surface area contributed by atoms with E-state index in [4.69, 9.17) is 0 Å². The molecule has 1 atom stereocenters. The molecule has 10 heteroatoms. The number of carbonyl (C=O) groups excluding carboxylic acids is 2. The topological polar surface area (TPSA) is 74.1 Å². The Bertz CT molecular complexity index is 1370. The van der Waals surface area contributed by atoms with Gasteiger partial charge in [0, 0.05) is 11.3 Å². The summed E-state index contributed by atoms with van der Waals surface area (Å²) < 4.78 is 38.9. The van der Waals surface area contributed by atoms with Gasteiger partial charge in [0.2, 0.25) is 5.91 Å². The first-order chi connectivity index (χ1) is 16.8. The summed E-state index contributed by atoms with van der Waals surface area (Å²) in [6, 6.07) is 20.1. The number of amidine groups is 2. The predicted octanol–water partition coefficient (Wildman–Crippen LogP) is 5.41. The highest BCUT2D eigenvalue weighted by molar-refractivity contribution is 8.14. The van der Waals surface area contributed by atoms with Gasteiger partial charge in [0.1, 0.15) is 5.84 Å². The van der Waals surface area contributed by atoms with Crippen molar-refractivity contribution in [2.75, 3.05) is 11.1 Å². The third kappa shape index (κ3) is 4.57. The molecular formula is C25H17F3N4O2S. The van der Waals surface area contributed by atoms with Crippen LogP contribution in [0.3, 0.4) is 0 Å². The van der Waals surface area contributed by atoms with Crippen LogP contribution in [0.5, 0.6) is 0 Å². The third-order valence-corrected chi connectivity index (χ3v) is 6.33. The Labute approximate surface area is 202 Å². The molecule has 0 radical (unpaired) electrons. The van der Waals surface area contributed by atoms with Crippen molar-refractivity contribution in [1.82, 2.24) is 4.90 Å². The molecule has 2 aliphatic rings. The van der Waals surface area contributed by atoms with Crippen molar-refractivity contribution in [3.63, 3.8) is 0 Å². The van der Waals surface area contributed by atoms with Crippen LogP contribution in [0.4, 0.5) is 24.5 Å². The number of para-hydroxylation sites is 1. The number of rotatable bonds is 4. The highest BCUT2D eigenvalue weighted by atomic mass is 32.2. The molecule has 0 aliphatic carbocycles. The van der Waals surface area contributed by atoms with E-state index in [-0.39, 0.29) is 22.5 Å². The molecule has 0 fully saturated rings. The second-order valence-corrected chi connectivity index (χ2v) is 8.71. The first-order valence-corrected chi connectivity index (χ1v) is 11.5. The molecule has 0 saturated carbocycles. The molecule has 3 aromatic rings. The van der Waals surface area contributed by atoms with Crippen LogP contribution in [-0.4, -0.2) is 33.5 Å². The van der Waals surface area contributed by atoms with Gasteiger partial charge in [-0.15, -0.1) is 0 Å². The number of fused-ring (bicyclic) bond motifs is 3. The van der Waals surface area contributed by atoms with Crippen molar-refractivity contribution < 1.29 is 22.8 Å². The Morgan fingerprint density at radius 1 is 1.00 bits per heavy atom. The zero-order chi connectivity index (χ0) is 24.6. The number of nitrogens with zero attached hydrogens (tertiary/aromatic N) is 3. The van der Waals surface area contributed by atoms with Crippen LogP contribution in [0, 0.1) is 0 Å². The lowest BCUT2D eigenvalue weighted by molar-refractivity contribution is -0.137. The summed E-state index contributed by atoms with van der Waals surface area (Å²) in [4.78, 5) is 36.5. The molecular weight excluding hydrogens is 477 g/mol. The van der Waals surface area contributed by atoms with Gasteiger partial charge >= 0.3 is 6.18 Å². The smallest absolute Gasteiger partial charge is 0.325 e. The van der Waals surface area contributed by atoms with Crippen LogP contribution in [0.15, 0.2) is 88.8 Å². The van der Waals surface area contributed by atoms with Crippen molar-refractivity contribution in [2.45, 2.75) is 12.2 Å². The van der Waals surface area contributed by atoms with E-state index in [0.29, 0.717) is 17.1 Å². The zero-order valence-electron chi connectivity index (χ0n) is 18.0. The summed E-state index contributed by atoms with van der Waals surface area (Å²) in [5.74, 6) is -0.522. The minimum absolute atomic E-state index is 0.0324. The van der Waals surface area contributed by atoms with E-state index in [2.05, 4.69) is 15.3 Å². The quantitative estimate of drug-likeness (QED) is 0.527. The Hall–Kier alpha value is -3.92. The van der Waals surface area contributed by atoms with Gasteiger partial charge in [-0.05, 0) is 35.9 Å². The van der Waals surface area contributed by atoms with Crippen LogP contribution >= 0.6 is 11.8 Å². The molecule has 0 saturated heterocycles. The summed E-state index contributed by atoms with van der Waals surface area (Å²) in [6.45, 7) is 0. The summed E-state index contributed by atoms with van der Waals surface area (Å²) in [5.41, 5.74) is 1.24. The number of hydrogen-bond donors (Lipinski definition) is 1. The number of anilines is 1. The second-order valence-electron chi connectivity index (χ2n) is 7.77. The molecule has 0 aromatic heterocycles. The van der Waals surface area contributed by atoms with E-state index in [0.717, 1.165) is 29.5 Å². The maximum Gasteiger partial charge on any atom is 0.416 e. The summed E-state index contributed by atoms with van der Waals surface area (Å²) >= 11 is 1.02. The van der Waals surface area contributed by atoms with Gasteiger partial charge in [-0.25, -0.2) is 14.9 Å². The molecule has 35 heavy (non-hydrogen) atoms. The minimum atomic E-state index is -4.51. The maximum absolute atomic E-state index is 13.3. The Morgan fingerprint density at radius 2 is 1.74 bits per heavy atom. The van der Waals surface area contributed by atoms with E-state index >= 15 is 0 Å². The normalized spacial score (nSPS) is 16.8. The van der Waals surface area contributed by atoms with E-state index in [9.17, 15) is 22.8 Å². The van der Waals surface area contributed by atoms with Gasteiger partial charge in [-0.1, -0.05) is 60.3 Å². The average molecular weight is 494 g/mol. The molecule has 1 N–H and O–H groups in total. The monoisotopic (exact) mass is 494 g/mol. The first kappa shape index (κ1) is 22.9. The maximum atomic E-state index is 13.3. The third-order valence-electron chi connectivity index (χ3n) is 5.39. The number of benzene rings is 3. The number of aliphatic imine (C=N–C) groups is 2. The van der Waals surface area contributed by atoms with Crippen LogP contribution in [0.25, 0.3) is 0 Å². The number of alkyl halides is 3. The van der Waals surface area contributed by atoms with Crippen LogP contribution in [-0.2, 0) is 15.8 Å². The second kappa shape index (κ2) is 9.03. The molecule has 5 rings (SSSR count). The van der Waals surface area contributed by atoms with Gasteiger partial charge in [-0.2, -0.15) is 13.2 Å². The summed E-state index contributed by atoms with van der Waals surface area (Å²) in [5, 5.41) is 2.75. The highest BCUT2D eigenvalue weighted by Gasteiger charge is 2.42. The number of hydrogen-bond acceptors (Lipinski definition) is 5. The standard InChI is InChI=1S/C25H17F3N4O2S/c26-25(27,28)16-9-6-10-17(13-16)29-20(33)14-35-24-30-19-12-5-4-11-18(19)22-31-21(23(34)32(22)24)15-7-2-1-3-8-15/h1-13,21H,14H2,(H,29,33)/t21-/m0/s1. The largest absolute Gasteiger partial charge is 0.416 e. The average Bonchev–Trinajstić information content (AvgIpc) is 3.20. The highest BCUT2D eigenvalue weighted by Crippen LogP contribution is 2.37.